The Bertz CT molecular complexity index is 151. The minimum atomic E-state index is -1.29. The summed E-state index contributed by atoms with van der Waals surface area (Å²) in [5.41, 5.74) is 3.07. The molecule has 0 amide bonds. The van der Waals surface area contributed by atoms with Crippen molar-refractivity contribution in [3.05, 3.63) is 0 Å². The average molecular weight is 177 g/mol. The van der Waals surface area contributed by atoms with Crippen molar-refractivity contribution in [1.82, 2.24) is 0 Å². The largest absolute Gasteiger partial charge is 0.394 e. The van der Waals surface area contributed by atoms with Gasteiger partial charge in [-0.3, -0.25) is 0 Å². The first kappa shape index (κ1) is 10.0. The van der Waals surface area contributed by atoms with E-state index in [-0.39, 0.29) is 12.0 Å². The molecule has 0 fully saturated rings. The van der Waals surface area contributed by atoms with Crippen LogP contribution in [0.3, 0.4) is 0 Å². The standard InChI is InChI=1S/C7H13ClOSi/c1-10(2,3)5-4-7(8)6-9/h7,9H,6H2,1-3H3. The lowest BCUT2D eigenvalue weighted by molar-refractivity contribution is 0.307. The molecule has 1 atom stereocenters. The fraction of sp³-hybridized carbons (Fsp3) is 0.714. The smallest absolute Gasteiger partial charge is 0.129 e. The van der Waals surface area contributed by atoms with Crippen LogP contribution in [0.15, 0.2) is 0 Å². The first-order chi connectivity index (χ1) is 4.45. The second-order valence-corrected chi connectivity index (χ2v) is 8.45. The first-order valence-electron chi connectivity index (χ1n) is 3.23. The fourth-order valence-corrected chi connectivity index (χ4v) is 1.09. The predicted molar refractivity (Wildman–Crippen MR) is 47.8 cm³/mol. The van der Waals surface area contributed by atoms with Gasteiger partial charge in [-0.05, 0) is 0 Å². The van der Waals surface area contributed by atoms with Gasteiger partial charge in [0.2, 0.25) is 0 Å². The summed E-state index contributed by atoms with van der Waals surface area (Å²) in [6, 6.07) is 0. The Labute approximate surface area is 68.4 Å². The molecule has 0 aromatic rings. The van der Waals surface area contributed by atoms with E-state index in [0.717, 1.165) is 0 Å². The quantitative estimate of drug-likeness (QED) is 0.365. The van der Waals surface area contributed by atoms with Crippen LogP contribution in [0, 0.1) is 11.5 Å². The van der Waals surface area contributed by atoms with Gasteiger partial charge in [-0.15, -0.1) is 17.1 Å². The summed E-state index contributed by atoms with van der Waals surface area (Å²) in [6.45, 7) is 6.36. The number of aliphatic hydroxyl groups excluding tert-OH is 1. The van der Waals surface area contributed by atoms with Gasteiger partial charge >= 0.3 is 0 Å². The zero-order valence-corrected chi connectivity index (χ0v) is 8.37. The summed E-state index contributed by atoms with van der Waals surface area (Å²) in [4.78, 5) is 0. The summed E-state index contributed by atoms with van der Waals surface area (Å²) in [6.07, 6.45) is 0. The number of alkyl halides is 1. The molecule has 0 aliphatic carbocycles. The van der Waals surface area contributed by atoms with Crippen LogP contribution in [0.25, 0.3) is 0 Å². The van der Waals surface area contributed by atoms with Crippen LogP contribution in [0.1, 0.15) is 0 Å². The van der Waals surface area contributed by atoms with Crippen LogP contribution in [0.2, 0.25) is 19.6 Å². The Hall–Kier alpha value is 0.0269. The van der Waals surface area contributed by atoms with E-state index < -0.39 is 8.07 Å². The monoisotopic (exact) mass is 176 g/mol. The Kier molecular flexibility index (Phi) is 4.03. The molecule has 10 heavy (non-hydrogen) atoms. The summed E-state index contributed by atoms with van der Waals surface area (Å²) in [7, 11) is -1.29. The van der Waals surface area contributed by atoms with E-state index in [0.29, 0.717) is 0 Å². The van der Waals surface area contributed by atoms with Gasteiger partial charge in [0.1, 0.15) is 13.5 Å². The molecule has 1 nitrogen and oxygen atoms in total. The Morgan fingerprint density at radius 3 is 2.30 bits per heavy atom. The van der Waals surface area contributed by atoms with Crippen molar-refractivity contribution in [2.45, 2.75) is 25.0 Å². The second-order valence-electron chi connectivity index (χ2n) is 3.17. The summed E-state index contributed by atoms with van der Waals surface area (Å²) in [5, 5.41) is 8.13. The lowest BCUT2D eigenvalue weighted by Crippen LogP contribution is -2.17. The van der Waals surface area contributed by atoms with Gasteiger partial charge in [-0.2, -0.15) is 0 Å². The zero-order valence-electron chi connectivity index (χ0n) is 6.61. The minimum absolute atomic E-state index is 0.0565. The fourth-order valence-electron chi connectivity index (χ4n) is 0.340. The van der Waals surface area contributed by atoms with Crippen LogP contribution in [0.5, 0.6) is 0 Å². The van der Waals surface area contributed by atoms with Crippen LogP contribution in [0.4, 0.5) is 0 Å². The molecule has 3 heteroatoms. The van der Waals surface area contributed by atoms with Crippen molar-refractivity contribution in [2.24, 2.45) is 0 Å². The molecule has 0 rings (SSSR count). The molecule has 0 saturated carbocycles. The molecule has 1 unspecified atom stereocenters. The summed E-state index contributed by atoms with van der Waals surface area (Å²) < 4.78 is 0. The lowest BCUT2D eigenvalue weighted by atomic mass is 10.5. The lowest BCUT2D eigenvalue weighted by Gasteiger charge is -2.04. The molecule has 0 radical (unpaired) electrons. The van der Waals surface area contributed by atoms with Gasteiger partial charge in [-0.25, -0.2) is 0 Å². The third kappa shape index (κ3) is 6.15. The highest BCUT2D eigenvalue weighted by Crippen LogP contribution is 1.98. The van der Waals surface area contributed by atoms with Crippen molar-refractivity contribution in [3.8, 4) is 11.5 Å². The molecule has 0 aromatic heterocycles. The Balaban J connectivity index is 3.91. The number of hydrogen-bond acceptors (Lipinski definition) is 1. The van der Waals surface area contributed by atoms with E-state index in [1.807, 2.05) is 0 Å². The van der Waals surface area contributed by atoms with Gasteiger partial charge in [0, 0.05) is 0 Å². The van der Waals surface area contributed by atoms with E-state index in [1.165, 1.54) is 0 Å². The van der Waals surface area contributed by atoms with E-state index in [9.17, 15) is 0 Å². The maximum absolute atomic E-state index is 8.51. The predicted octanol–water partition coefficient (Wildman–Crippen LogP) is 1.47. The van der Waals surface area contributed by atoms with E-state index in [1.54, 1.807) is 0 Å². The summed E-state index contributed by atoms with van der Waals surface area (Å²) in [5.74, 6) is 2.80. The molecule has 0 heterocycles. The first-order valence-corrected chi connectivity index (χ1v) is 7.17. The molecular formula is C7H13ClOSi. The Morgan fingerprint density at radius 1 is 1.50 bits per heavy atom. The van der Waals surface area contributed by atoms with Crippen molar-refractivity contribution in [3.63, 3.8) is 0 Å². The van der Waals surface area contributed by atoms with Gasteiger partial charge in [-0.1, -0.05) is 25.6 Å². The molecule has 0 aliphatic heterocycles. The maximum Gasteiger partial charge on any atom is 0.129 e. The summed E-state index contributed by atoms with van der Waals surface area (Å²) >= 11 is 5.57. The van der Waals surface area contributed by atoms with Crippen molar-refractivity contribution < 1.29 is 5.11 Å². The molecule has 1 N–H and O–H groups in total. The SMILES string of the molecule is C[Si](C)(C)C#CC(Cl)CO. The minimum Gasteiger partial charge on any atom is -0.394 e. The van der Waals surface area contributed by atoms with Gasteiger partial charge in [0.05, 0.1) is 6.61 Å². The van der Waals surface area contributed by atoms with Crippen molar-refractivity contribution >= 4 is 19.7 Å². The number of rotatable bonds is 1. The number of aliphatic hydroxyl groups is 1. The molecular weight excluding hydrogens is 164 g/mol. The molecule has 0 aliphatic rings. The highest BCUT2D eigenvalue weighted by atomic mass is 35.5. The normalized spacial score (nSPS) is 13.7. The average Bonchev–Trinajstić information content (AvgIpc) is 1.81. The molecule has 0 saturated heterocycles. The Morgan fingerprint density at radius 2 is 2.00 bits per heavy atom. The molecule has 0 spiro atoms. The van der Waals surface area contributed by atoms with Crippen molar-refractivity contribution in [1.29, 1.82) is 0 Å². The number of halogens is 1. The topological polar surface area (TPSA) is 20.2 Å². The van der Waals surface area contributed by atoms with E-state index in [4.69, 9.17) is 16.7 Å². The maximum atomic E-state index is 8.51. The van der Waals surface area contributed by atoms with E-state index >= 15 is 0 Å². The van der Waals surface area contributed by atoms with Gasteiger partial charge < -0.3 is 5.11 Å². The molecule has 0 aromatic carbocycles. The van der Waals surface area contributed by atoms with Crippen LogP contribution in [-0.4, -0.2) is 25.2 Å². The molecule has 0 bridgehead atoms. The number of hydrogen-bond donors (Lipinski definition) is 1. The molecule has 58 valence electrons. The highest BCUT2D eigenvalue weighted by Gasteiger charge is 2.08. The highest BCUT2D eigenvalue weighted by molar-refractivity contribution is 6.83. The van der Waals surface area contributed by atoms with Gasteiger partial charge in [0.25, 0.3) is 0 Å². The van der Waals surface area contributed by atoms with Crippen LogP contribution >= 0.6 is 11.6 Å². The van der Waals surface area contributed by atoms with E-state index in [2.05, 4.69) is 31.1 Å². The van der Waals surface area contributed by atoms with Crippen LogP contribution < -0.4 is 0 Å². The van der Waals surface area contributed by atoms with Crippen molar-refractivity contribution in [2.75, 3.05) is 6.61 Å². The second kappa shape index (κ2) is 4.02. The third-order valence-corrected chi connectivity index (χ3v) is 1.91. The third-order valence-electron chi connectivity index (χ3n) is 0.764. The zero-order chi connectivity index (χ0) is 8.20. The van der Waals surface area contributed by atoms with Gasteiger partial charge in [0.15, 0.2) is 0 Å². The van der Waals surface area contributed by atoms with Crippen LogP contribution in [-0.2, 0) is 0 Å².